The normalized spacial score (nSPS) is 19.2. The van der Waals surface area contributed by atoms with Crippen molar-refractivity contribution in [3.05, 3.63) is 47.7 Å². The Balaban J connectivity index is 2.28. The van der Waals surface area contributed by atoms with Crippen LogP contribution in [0.4, 0.5) is 0 Å². The summed E-state index contributed by atoms with van der Waals surface area (Å²) in [6.07, 6.45) is 1.78. The predicted molar refractivity (Wildman–Crippen MR) is 63.9 cm³/mol. The maximum absolute atomic E-state index is 11.9. The lowest BCUT2D eigenvalue weighted by molar-refractivity contribution is -0.128. The van der Waals surface area contributed by atoms with Crippen LogP contribution in [0.1, 0.15) is 18.5 Å². The summed E-state index contributed by atoms with van der Waals surface area (Å²) >= 11 is 0. The van der Waals surface area contributed by atoms with Gasteiger partial charge >= 0.3 is 0 Å². The summed E-state index contributed by atoms with van der Waals surface area (Å²) < 4.78 is 0. The zero-order valence-electron chi connectivity index (χ0n) is 9.81. The first-order chi connectivity index (χ1) is 8.09. The first kappa shape index (κ1) is 11.4. The summed E-state index contributed by atoms with van der Waals surface area (Å²) in [6, 6.07) is 9.60. The molecule has 0 radical (unpaired) electrons. The highest BCUT2D eigenvalue weighted by Crippen LogP contribution is 2.28. The lowest BCUT2D eigenvalue weighted by Gasteiger charge is -2.19. The van der Waals surface area contributed by atoms with Crippen molar-refractivity contribution >= 4 is 11.8 Å². The second-order valence-corrected chi connectivity index (χ2v) is 4.03. The SMILES string of the molecule is CC(=O)NC1=CC(c2ccccc2)N(C)C1=O. The van der Waals surface area contributed by atoms with Crippen molar-refractivity contribution in [1.29, 1.82) is 0 Å². The number of nitrogens with zero attached hydrogens (tertiary/aromatic N) is 1. The van der Waals surface area contributed by atoms with Gasteiger partial charge in [-0.1, -0.05) is 30.3 Å². The van der Waals surface area contributed by atoms with Crippen LogP contribution in [0.3, 0.4) is 0 Å². The van der Waals surface area contributed by atoms with Crippen molar-refractivity contribution in [2.45, 2.75) is 13.0 Å². The molecule has 0 saturated carbocycles. The summed E-state index contributed by atoms with van der Waals surface area (Å²) in [6.45, 7) is 1.39. The Labute approximate surface area is 99.9 Å². The molecule has 0 bridgehead atoms. The van der Waals surface area contributed by atoms with Crippen LogP contribution in [0.2, 0.25) is 0 Å². The number of amides is 2. The van der Waals surface area contributed by atoms with E-state index in [2.05, 4.69) is 5.32 Å². The first-order valence-electron chi connectivity index (χ1n) is 5.41. The van der Waals surface area contributed by atoms with Crippen molar-refractivity contribution in [2.24, 2.45) is 0 Å². The van der Waals surface area contributed by atoms with Gasteiger partial charge in [0.15, 0.2) is 0 Å². The van der Waals surface area contributed by atoms with Crippen LogP contribution >= 0.6 is 0 Å². The van der Waals surface area contributed by atoms with E-state index >= 15 is 0 Å². The van der Waals surface area contributed by atoms with Crippen LogP contribution in [0, 0.1) is 0 Å². The van der Waals surface area contributed by atoms with E-state index in [1.165, 1.54) is 6.92 Å². The highest BCUT2D eigenvalue weighted by Gasteiger charge is 2.30. The van der Waals surface area contributed by atoms with Gasteiger partial charge in [0.2, 0.25) is 5.91 Å². The topological polar surface area (TPSA) is 49.4 Å². The van der Waals surface area contributed by atoms with Crippen molar-refractivity contribution in [3.8, 4) is 0 Å². The van der Waals surface area contributed by atoms with Crippen LogP contribution in [-0.2, 0) is 9.59 Å². The Bertz CT molecular complexity index is 479. The molecule has 17 heavy (non-hydrogen) atoms. The van der Waals surface area contributed by atoms with Gasteiger partial charge < -0.3 is 10.2 Å². The third-order valence-corrected chi connectivity index (χ3v) is 2.74. The van der Waals surface area contributed by atoms with Gasteiger partial charge in [0, 0.05) is 14.0 Å². The average molecular weight is 230 g/mol. The number of carbonyl (C=O) groups excluding carboxylic acids is 2. The second kappa shape index (κ2) is 4.41. The molecule has 1 aromatic rings. The number of benzene rings is 1. The first-order valence-corrected chi connectivity index (χ1v) is 5.41. The van der Waals surface area contributed by atoms with Crippen LogP contribution in [0.25, 0.3) is 0 Å². The smallest absolute Gasteiger partial charge is 0.270 e. The molecular weight excluding hydrogens is 216 g/mol. The van der Waals surface area contributed by atoms with Crippen molar-refractivity contribution < 1.29 is 9.59 Å². The Hall–Kier alpha value is -2.10. The van der Waals surface area contributed by atoms with E-state index in [-0.39, 0.29) is 17.9 Å². The number of rotatable bonds is 2. The molecule has 1 N–H and O–H groups in total. The monoisotopic (exact) mass is 230 g/mol. The lowest BCUT2D eigenvalue weighted by atomic mass is 10.1. The summed E-state index contributed by atoms with van der Waals surface area (Å²) in [5, 5.41) is 2.55. The largest absolute Gasteiger partial charge is 0.330 e. The molecule has 88 valence electrons. The Morgan fingerprint density at radius 2 is 1.94 bits per heavy atom. The fourth-order valence-corrected chi connectivity index (χ4v) is 1.91. The van der Waals surface area contributed by atoms with Crippen molar-refractivity contribution in [1.82, 2.24) is 10.2 Å². The summed E-state index contributed by atoms with van der Waals surface area (Å²) in [7, 11) is 1.73. The number of carbonyl (C=O) groups is 2. The van der Waals surface area contributed by atoms with Gasteiger partial charge in [0.1, 0.15) is 5.70 Å². The van der Waals surface area contributed by atoms with Gasteiger partial charge in [-0.3, -0.25) is 9.59 Å². The minimum absolute atomic E-state index is 0.106. The van der Waals surface area contributed by atoms with Gasteiger partial charge in [-0.05, 0) is 11.6 Å². The van der Waals surface area contributed by atoms with E-state index in [9.17, 15) is 9.59 Å². The lowest BCUT2D eigenvalue weighted by Crippen LogP contribution is -2.30. The molecule has 2 rings (SSSR count). The molecule has 1 atom stereocenters. The molecule has 1 aliphatic rings. The third-order valence-electron chi connectivity index (χ3n) is 2.74. The summed E-state index contributed by atoms with van der Waals surface area (Å²) in [5.41, 5.74) is 1.39. The maximum atomic E-state index is 11.9. The molecule has 1 aromatic carbocycles. The third kappa shape index (κ3) is 2.20. The Kier molecular flexibility index (Phi) is 2.95. The molecule has 4 heteroatoms. The van der Waals surface area contributed by atoms with Crippen LogP contribution < -0.4 is 5.32 Å². The molecule has 0 spiro atoms. The number of hydrogen-bond donors (Lipinski definition) is 1. The molecule has 1 aliphatic heterocycles. The van der Waals surface area contributed by atoms with E-state index in [4.69, 9.17) is 0 Å². The summed E-state index contributed by atoms with van der Waals surface area (Å²) in [5.74, 6) is -0.388. The molecular formula is C13H14N2O2. The van der Waals surface area contributed by atoms with E-state index < -0.39 is 0 Å². The number of hydrogen-bond acceptors (Lipinski definition) is 2. The summed E-state index contributed by atoms with van der Waals surface area (Å²) in [4.78, 5) is 24.5. The van der Waals surface area contributed by atoms with Crippen LogP contribution in [0.15, 0.2) is 42.1 Å². The minimum Gasteiger partial charge on any atom is -0.330 e. The molecule has 2 amide bonds. The van der Waals surface area contributed by atoms with E-state index in [1.807, 2.05) is 30.3 Å². The minimum atomic E-state index is -0.230. The molecule has 1 unspecified atom stereocenters. The maximum Gasteiger partial charge on any atom is 0.270 e. The van der Waals surface area contributed by atoms with Crippen molar-refractivity contribution in [2.75, 3.05) is 7.05 Å². The van der Waals surface area contributed by atoms with E-state index in [0.717, 1.165) is 5.56 Å². The molecule has 0 aromatic heterocycles. The molecule has 1 heterocycles. The molecule has 0 fully saturated rings. The number of likely N-dealkylation sites (N-methyl/N-ethyl adjacent to an activating group) is 1. The van der Waals surface area contributed by atoms with Gasteiger partial charge in [0.05, 0.1) is 6.04 Å². The highest BCUT2D eigenvalue weighted by molar-refractivity contribution is 5.99. The quantitative estimate of drug-likeness (QED) is 0.830. The highest BCUT2D eigenvalue weighted by atomic mass is 16.2. The molecule has 0 aliphatic carbocycles. The van der Waals surface area contributed by atoms with Gasteiger partial charge in [-0.15, -0.1) is 0 Å². The molecule has 0 saturated heterocycles. The number of nitrogens with one attached hydrogen (secondary N) is 1. The van der Waals surface area contributed by atoms with E-state index in [0.29, 0.717) is 5.70 Å². The fraction of sp³-hybridized carbons (Fsp3) is 0.231. The zero-order chi connectivity index (χ0) is 12.4. The zero-order valence-corrected chi connectivity index (χ0v) is 9.81. The van der Waals surface area contributed by atoms with Gasteiger partial charge in [-0.25, -0.2) is 0 Å². The van der Waals surface area contributed by atoms with E-state index in [1.54, 1.807) is 18.0 Å². The fourth-order valence-electron chi connectivity index (χ4n) is 1.91. The Morgan fingerprint density at radius 3 is 2.53 bits per heavy atom. The van der Waals surface area contributed by atoms with Crippen LogP contribution in [0.5, 0.6) is 0 Å². The predicted octanol–water partition coefficient (Wildman–Crippen LogP) is 1.22. The van der Waals surface area contributed by atoms with Gasteiger partial charge in [-0.2, -0.15) is 0 Å². The van der Waals surface area contributed by atoms with Gasteiger partial charge in [0.25, 0.3) is 5.91 Å². The second-order valence-electron chi connectivity index (χ2n) is 4.03. The molecule has 4 nitrogen and oxygen atoms in total. The van der Waals surface area contributed by atoms with Crippen molar-refractivity contribution in [3.63, 3.8) is 0 Å². The van der Waals surface area contributed by atoms with Crippen LogP contribution in [-0.4, -0.2) is 23.8 Å². The average Bonchev–Trinajstić information content (AvgIpc) is 2.58. The Morgan fingerprint density at radius 1 is 1.29 bits per heavy atom. The standard InChI is InChI=1S/C13H14N2O2/c1-9(16)14-11-8-12(15(2)13(11)17)10-6-4-3-5-7-10/h3-8,12H,1-2H3,(H,14,16).